The molecule has 20 heavy (non-hydrogen) atoms. The smallest absolute Gasteiger partial charge is 0.227 e. The van der Waals surface area contributed by atoms with Gasteiger partial charge in [0, 0.05) is 17.8 Å². The summed E-state index contributed by atoms with van der Waals surface area (Å²) in [6, 6.07) is 0.384. The second-order valence-corrected chi connectivity index (χ2v) is 8.31. The van der Waals surface area contributed by atoms with Gasteiger partial charge in [-0.25, -0.2) is 0 Å². The zero-order chi connectivity index (χ0) is 14.6. The minimum Gasteiger partial charge on any atom is -0.353 e. The molecule has 4 heteroatoms. The molecule has 2 saturated carbocycles. The molecule has 0 aliphatic heterocycles. The quantitative estimate of drug-likeness (QED) is 0.820. The van der Waals surface area contributed by atoms with E-state index in [4.69, 9.17) is 5.73 Å². The monoisotopic (exact) mass is 298 g/mol. The van der Waals surface area contributed by atoms with E-state index in [1.165, 1.54) is 12.2 Å². The molecule has 3 N–H and O–H groups in total. The second kappa shape index (κ2) is 7.17. The lowest BCUT2D eigenvalue weighted by atomic mass is 9.70. The summed E-state index contributed by atoms with van der Waals surface area (Å²) in [6.45, 7) is 5.00. The molecule has 2 aliphatic rings. The van der Waals surface area contributed by atoms with Gasteiger partial charge >= 0.3 is 0 Å². The van der Waals surface area contributed by atoms with Crippen LogP contribution in [0.4, 0.5) is 0 Å². The lowest BCUT2D eigenvalue weighted by Crippen LogP contribution is -2.50. The minimum absolute atomic E-state index is 0.235. The van der Waals surface area contributed by atoms with E-state index in [9.17, 15) is 4.79 Å². The van der Waals surface area contributed by atoms with Crippen LogP contribution in [0.15, 0.2) is 0 Å². The average Bonchev–Trinajstić information content (AvgIpc) is 2.88. The summed E-state index contributed by atoms with van der Waals surface area (Å²) in [5.74, 6) is 2.16. The Morgan fingerprint density at radius 1 is 1.30 bits per heavy atom. The third-order valence-corrected chi connectivity index (χ3v) is 6.46. The van der Waals surface area contributed by atoms with Gasteiger partial charge in [0.1, 0.15) is 0 Å². The molecule has 2 aliphatic carbocycles. The summed E-state index contributed by atoms with van der Waals surface area (Å²) >= 11 is 2.03. The topological polar surface area (TPSA) is 55.1 Å². The maximum absolute atomic E-state index is 12.7. The van der Waals surface area contributed by atoms with Crippen molar-refractivity contribution < 1.29 is 4.79 Å². The maximum atomic E-state index is 12.7. The van der Waals surface area contributed by atoms with Crippen molar-refractivity contribution in [3.05, 3.63) is 0 Å². The SMILES string of the molecule is CCSC1CCC(NC(=O)C2(CN)CCC(C)CC2)C1. The van der Waals surface area contributed by atoms with Crippen molar-refractivity contribution in [3.63, 3.8) is 0 Å². The first-order valence-electron chi connectivity index (χ1n) is 8.22. The number of nitrogens with two attached hydrogens (primary N) is 1. The molecule has 0 bridgehead atoms. The normalized spacial score (nSPS) is 37.9. The Labute approximate surface area is 127 Å². The zero-order valence-electron chi connectivity index (χ0n) is 13.0. The Bertz CT molecular complexity index is 326. The average molecular weight is 298 g/mol. The summed E-state index contributed by atoms with van der Waals surface area (Å²) in [4.78, 5) is 12.7. The molecule has 0 aromatic carbocycles. The van der Waals surface area contributed by atoms with Gasteiger partial charge in [0.25, 0.3) is 0 Å². The fourth-order valence-corrected chi connectivity index (χ4v) is 4.78. The number of thioether (sulfide) groups is 1. The number of hydrogen-bond donors (Lipinski definition) is 2. The van der Waals surface area contributed by atoms with Crippen LogP contribution in [-0.2, 0) is 4.79 Å². The molecule has 2 atom stereocenters. The molecule has 0 saturated heterocycles. The van der Waals surface area contributed by atoms with E-state index >= 15 is 0 Å². The summed E-state index contributed by atoms with van der Waals surface area (Å²) in [6.07, 6.45) is 7.75. The van der Waals surface area contributed by atoms with E-state index in [1.54, 1.807) is 0 Å². The van der Waals surface area contributed by atoms with Crippen molar-refractivity contribution >= 4 is 17.7 Å². The van der Waals surface area contributed by atoms with E-state index in [0.717, 1.165) is 49.7 Å². The molecule has 0 radical (unpaired) electrons. The fraction of sp³-hybridized carbons (Fsp3) is 0.938. The molecule has 2 unspecified atom stereocenters. The highest BCUT2D eigenvalue weighted by Crippen LogP contribution is 2.39. The van der Waals surface area contributed by atoms with Crippen LogP contribution in [0.3, 0.4) is 0 Å². The summed E-state index contributed by atoms with van der Waals surface area (Å²) in [5.41, 5.74) is 5.69. The van der Waals surface area contributed by atoms with Crippen LogP contribution >= 0.6 is 11.8 Å². The van der Waals surface area contributed by atoms with Crippen molar-refractivity contribution in [1.82, 2.24) is 5.32 Å². The van der Waals surface area contributed by atoms with Crippen LogP contribution in [0.2, 0.25) is 0 Å². The molecular weight excluding hydrogens is 268 g/mol. The first kappa shape index (κ1) is 16.2. The highest BCUT2D eigenvalue weighted by molar-refractivity contribution is 7.99. The number of carbonyl (C=O) groups is 1. The summed E-state index contributed by atoms with van der Waals surface area (Å²) < 4.78 is 0. The molecule has 0 aromatic heterocycles. The predicted octanol–water partition coefficient (Wildman–Crippen LogP) is 2.93. The number of rotatable bonds is 5. The van der Waals surface area contributed by atoms with E-state index in [1.807, 2.05) is 11.8 Å². The number of carbonyl (C=O) groups excluding carboxylic acids is 1. The van der Waals surface area contributed by atoms with Crippen LogP contribution in [-0.4, -0.2) is 29.5 Å². The Hall–Kier alpha value is -0.220. The van der Waals surface area contributed by atoms with Crippen LogP contribution in [0.25, 0.3) is 0 Å². The standard InChI is InChI=1S/C16H30N2OS/c1-3-20-14-5-4-13(10-14)18-15(19)16(11-17)8-6-12(2)7-9-16/h12-14H,3-11,17H2,1-2H3,(H,18,19). The van der Waals surface area contributed by atoms with E-state index in [-0.39, 0.29) is 11.3 Å². The van der Waals surface area contributed by atoms with Crippen LogP contribution in [0, 0.1) is 11.3 Å². The predicted molar refractivity (Wildman–Crippen MR) is 86.8 cm³/mol. The minimum atomic E-state index is -0.275. The van der Waals surface area contributed by atoms with Crippen LogP contribution in [0.1, 0.15) is 58.8 Å². The Kier molecular flexibility index (Phi) is 5.79. The van der Waals surface area contributed by atoms with Crippen molar-refractivity contribution in [3.8, 4) is 0 Å². The van der Waals surface area contributed by atoms with Crippen molar-refractivity contribution in [2.75, 3.05) is 12.3 Å². The van der Waals surface area contributed by atoms with Gasteiger partial charge in [-0.3, -0.25) is 4.79 Å². The third-order valence-electron chi connectivity index (χ3n) is 5.23. The molecular formula is C16H30N2OS. The molecule has 3 nitrogen and oxygen atoms in total. The molecule has 0 heterocycles. The van der Waals surface area contributed by atoms with Gasteiger partial charge in [-0.1, -0.05) is 13.8 Å². The molecule has 2 rings (SSSR count). The van der Waals surface area contributed by atoms with Gasteiger partial charge in [0.2, 0.25) is 5.91 Å². The van der Waals surface area contributed by atoms with E-state index in [0.29, 0.717) is 12.6 Å². The van der Waals surface area contributed by atoms with Crippen LogP contribution in [0.5, 0.6) is 0 Å². The molecule has 116 valence electrons. The third kappa shape index (κ3) is 3.70. The maximum Gasteiger partial charge on any atom is 0.227 e. The van der Waals surface area contributed by atoms with Crippen molar-refractivity contribution in [2.24, 2.45) is 17.1 Å². The first-order valence-corrected chi connectivity index (χ1v) is 9.27. The van der Waals surface area contributed by atoms with Gasteiger partial charge in [-0.15, -0.1) is 0 Å². The van der Waals surface area contributed by atoms with Gasteiger partial charge in [0.05, 0.1) is 5.41 Å². The van der Waals surface area contributed by atoms with Crippen molar-refractivity contribution in [1.29, 1.82) is 0 Å². The Morgan fingerprint density at radius 2 is 2.00 bits per heavy atom. The van der Waals surface area contributed by atoms with Crippen molar-refractivity contribution in [2.45, 2.75) is 70.1 Å². The summed E-state index contributed by atoms with van der Waals surface area (Å²) in [5, 5.41) is 4.05. The largest absolute Gasteiger partial charge is 0.353 e. The van der Waals surface area contributed by atoms with Gasteiger partial charge in [-0.2, -0.15) is 11.8 Å². The van der Waals surface area contributed by atoms with Gasteiger partial charge in [0.15, 0.2) is 0 Å². The summed E-state index contributed by atoms with van der Waals surface area (Å²) in [7, 11) is 0. The Balaban J connectivity index is 1.87. The number of hydrogen-bond acceptors (Lipinski definition) is 3. The highest BCUT2D eigenvalue weighted by Gasteiger charge is 2.41. The van der Waals surface area contributed by atoms with E-state index in [2.05, 4.69) is 19.2 Å². The number of nitrogens with one attached hydrogen (secondary N) is 1. The van der Waals surface area contributed by atoms with Gasteiger partial charge in [-0.05, 0) is 56.6 Å². The molecule has 0 aromatic rings. The molecule has 1 amide bonds. The zero-order valence-corrected chi connectivity index (χ0v) is 13.8. The lowest BCUT2D eigenvalue weighted by Gasteiger charge is -2.37. The van der Waals surface area contributed by atoms with Gasteiger partial charge < -0.3 is 11.1 Å². The molecule has 2 fully saturated rings. The van der Waals surface area contributed by atoms with E-state index < -0.39 is 0 Å². The highest BCUT2D eigenvalue weighted by atomic mass is 32.2. The fourth-order valence-electron chi connectivity index (χ4n) is 3.64. The number of amides is 1. The molecule has 0 spiro atoms. The Morgan fingerprint density at radius 3 is 2.60 bits per heavy atom. The first-order chi connectivity index (χ1) is 9.59. The second-order valence-electron chi connectivity index (χ2n) is 6.73. The lowest BCUT2D eigenvalue weighted by molar-refractivity contribution is -0.133. The van der Waals surface area contributed by atoms with Crippen LogP contribution < -0.4 is 11.1 Å².